The van der Waals surface area contributed by atoms with E-state index in [0.717, 1.165) is 25.5 Å². The molecule has 0 radical (unpaired) electrons. The highest BCUT2D eigenvalue weighted by Crippen LogP contribution is 2.23. The fraction of sp³-hybridized carbons (Fsp3) is 0.500. The molecule has 0 spiro atoms. The molecule has 1 aliphatic rings. The number of methoxy groups -OCH3 is 1. The van der Waals surface area contributed by atoms with Crippen LogP contribution < -0.4 is 9.64 Å². The minimum atomic E-state index is 0.385. The number of nitrogens with zero attached hydrogens (tertiary/aromatic N) is 5. The predicted molar refractivity (Wildman–Crippen MR) is 75.8 cm³/mol. The second kappa shape index (κ2) is 5.90. The number of hydrogen-bond acceptors (Lipinski definition) is 5. The normalized spacial score (nSPS) is 19.1. The van der Waals surface area contributed by atoms with Gasteiger partial charge < -0.3 is 9.64 Å². The lowest BCUT2D eigenvalue weighted by molar-refractivity contribution is 0.381. The van der Waals surface area contributed by atoms with E-state index >= 15 is 0 Å². The fourth-order valence-electron chi connectivity index (χ4n) is 2.66. The first-order valence-corrected chi connectivity index (χ1v) is 6.98. The monoisotopic (exact) mass is 273 g/mol. The van der Waals surface area contributed by atoms with E-state index in [9.17, 15) is 0 Å². The lowest BCUT2D eigenvalue weighted by atomic mass is 10.0. The molecule has 1 fully saturated rings. The third-order valence-corrected chi connectivity index (χ3v) is 3.67. The van der Waals surface area contributed by atoms with Crippen LogP contribution in [0.5, 0.6) is 5.88 Å². The van der Waals surface area contributed by atoms with Crippen LogP contribution in [0.1, 0.15) is 19.3 Å². The van der Waals surface area contributed by atoms with Crippen molar-refractivity contribution in [2.75, 3.05) is 18.6 Å². The molecule has 2 aromatic heterocycles. The second-order valence-corrected chi connectivity index (χ2v) is 4.97. The van der Waals surface area contributed by atoms with Crippen molar-refractivity contribution in [3.05, 3.63) is 30.7 Å². The Kier molecular flexibility index (Phi) is 3.80. The maximum absolute atomic E-state index is 5.19. The Morgan fingerprint density at radius 1 is 1.35 bits per heavy atom. The third-order valence-electron chi connectivity index (χ3n) is 3.67. The van der Waals surface area contributed by atoms with E-state index in [1.165, 1.54) is 12.8 Å². The number of piperidine rings is 1. The Morgan fingerprint density at radius 3 is 3.10 bits per heavy atom. The Labute approximate surface area is 118 Å². The molecule has 3 rings (SSSR count). The summed E-state index contributed by atoms with van der Waals surface area (Å²) in [5, 5.41) is 4.30. The van der Waals surface area contributed by atoms with E-state index in [0.29, 0.717) is 11.9 Å². The summed E-state index contributed by atoms with van der Waals surface area (Å²) in [6, 6.07) is 4.11. The Morgan fingerprint density at radius 2 is 2.30 bits per heavy atom. The smallest absolute Gasteiger partial charge is 0.228 e. The molecule has 1 saturated heterocycles. The largest absolute Gasteiger partial charge is 0.481 e. The molecule has 2 aromatic rings. The molecule has 0 saturated carbocycles. The maximum Gasteiger partial charge on any atom is 0.228 e. The molecule has 0 N–H and O–H groups in total. The standard InChI is InChI=1S/C14H19N5O/c1-20-13-6-8-15-14(17-13)19-10-3-2-5-12(19)11-18-9-4-7-16-18/h4,6-9,12H,2-3,5,10-11H2,1H3/t12-/m0/s1. The maximum atomic E-state index is 5.19. The van der Waals surface area contributed by atoms with Gasteiger partial charge in [0, 0.05) is 31.2 Å². The van der Waals surface area contributed by atoms with E-state index in [2.05, 4.69) is 20.0 Å². The molecular weight excluding hydrogens is 254 g/mol. The Bertz CT molecular complexity index is 542. The van der Waals surface area contributed by atoms with Gasteiger partial charge in [-0.25, -0.2) is 4.98 Å². The van der Waals surface area contributed by atoms with Crippen LogP contribution in [0.15, 0.2) is 30.7 Å². The van der Waals surface area contributed by atoms with Crippen LogP contribution >= 0.6 is 0 Å². The zero-order chi connectivity index (χ0) is 13.8. The van der Waals surface area contributed by atoms with E-state index in [1.54, 1.807) is 19.4 Å². The second-order valence-electron chi connectivity index (χ2n) is 4.97. The summed E-state index contributed by atoms with van der Waals surface area (Å²) in [6.45, 7) is 1.85. The first-order valence-electron chi connectivity index (χ1n) is 6.98. The molecule has 0 amide bonds. The van der Waals surface area contributed by atoms with Gasteiger partial charge in [-0.2, -0.15) is 10.1 Å². The van der Waals surface area contributed by atoms with Crippen molar-refractivity contribution in [3.8, 4) is 5.88 Å². The van der Waals surface area contributed by atoms with Crippen LogP contribution in [-0.4, -0.2) is 39.4 Å². The molecule has 0 aromatic carbocycles. The zero-order valence-electron chi connectivity index (χ0n) is 11.6. The van der Waals surface area contributed by atoms with E-state index in [1.807, 2.05) is 23.1 Å². The average molecular weight is 273 g/mol. The topological polar surface area (TPSA) is 56.1 Å². The molecule has 1 aliphatic heterocycles. The van der Waals surface area contributed by atoms with Gasteiger partial charge in [-0.15, -0.1) is 0 Å². The van der Waals surface area contributed by atoms with Gasteiger partial charge in [-0.05, 0) is 25.3 Å². The fourth-order valence-corrected chi connectivity index (χ4v) is 2.66. The molecular formula is C14H19N5O. The van der Waals surface area contributed by atoms with Crippen molar-refractivity contribution in [2.24, 2.45) is 0 Å². The highest BCUT2D eigenvalue weighted by Gasteiger charge is 2.25. The molecule has 6 nitrogen and oxygen atoms in total. The number of ether oxygens (including phenoxy) is 1. The van der Waals surface area contributed by atoms with Crippen LogP contribution in [0, 0.1) is 0 Å². The Hall–Kier alpha value is -2.11. The number of rotatable bonds is 4. The Balaban J connectivity index is 1.80. The average Bonchev–Trinajstić information content (AvgIpc) is 3.01. The van der Waals surface area contributed by atoms with Gasteiger partial charge in [0.05, 0.1) is 19.7 Å². The molecule has 0 bridgehead atoms. The van der Waals surface area contributed by atoms with Gasteiger partial charge >= 0.3 is 0 Å². The van der Waals surface area contributed by atoms with Gasteiger partial charge in [-0.1, -0.05) is 0 Å². The summed E-state index contributed by atoms with van der Waals surface area (Å²) >= 11 is 0. The van der Waals surface area contributed by atoms with Crippen LogP contribution in [0.3, 0.4) is 0 Å². The van der Waals surface area contributed by atoms with Crippen LogP contribution in [-0.2, 0) is 6.54 Å². The van der Waals surface area contributed by atoms with Gasteiger partial charge in [0.15, 0.2) is 0 Å². The molecule has 6 heteroatoms. The van der Waals surface area contributed by atoms with E-state index < -0.39 is 0 Å². The van der Waals surface area contributed by atoms with Crippen molar-refractivity contribution in [1.29, 1.82) is 0 Å². The molecule has 1 atom stereocenters. The summed E-state index contributed by atoms with van der Waals surface area (Å²) in [5.41, 5.74) is 0. The summed E-state index contributed by atoms with van der Waals surface area (Å²) in [6.07, 6.45) is 9.12. The predicted octanol–water partition coefficient (Wildman–Crippen LogP) is 1.74. The van der Waals surface area contributed by atoms with Crippen molar-refractivity contribution in [1.82, 2.24) is 19.7 Å². The molecule has 3 heterocycles. The van der Waals surface area contributed by atoms with Gasteiger partial charge in [0.25, 0.3) is 0 Å². The summed E-state index contributed by atoms with van der Waals surface area (Å²) in [4.78, 5) is 11.1. The first kappa shape index (κ1) is 12.9. The van der Waals surface area contributed by atoms with E-state index in [4.69, 9.17) is 4.74 Å². The van der Waals surface area contributed by atoms with Crippen LogP contribution in [0.2, 0.25) is 0 Å². The highest BCUT2D eigenvalue weighted by atomic mass is 16.5. The van der Waals surface area contributed by atoms with Crippen LogP contribution in [0.4, 0.5) is 5.95 Å². The zero-order valence-corrected chi connectivity index (χ0v) is 11.6. The number of anilines is 1. The molecule has 106 valence electrons. The summed E-state index contributed by atoms with van der Waals surface area (Å²) in [5.74, 6) is 1.36. The SMILES string of the molecule is COc1ccnc(N2CCCC[C@H]2Cn2cccn2)n1. The minimum Gasteiger partial charge on any atom is -0.481 e. The minimum absolute atomic E-state index is 0.385. The lowest BCUT2D eigenvalue weighted by Crippen LogP contribution is -2.43. The van der Waals surface area contributed by atoms with Gasteiger partial charge in [0.2, 0.25) is 11.8 Å². The van der Waals surface area contributed by atoms with Gasteiger partial charge in [-0.3, -0.25) is 4.68 Å². The number of hydrogen-bond donors (Lipinski definition) is 0. The summed E-state index contributed by atoms with van der Waals surface area (Å²) < 4.78 is 7.17. The highest BCUT2D eigenvalue weighted by molar-refractivity contribution is 5.34. The first-order chi connectivity index (χ1) is 9.86. The molecule has 20 heavy (non-hydrogen) atoms. The molecule has 0 aliphatic carbocycles. The lowest BCUT2D eigenvalue weighted by Gasteiger charge is -2.35. The number of aromatic nitrogens is 4. The van der Waals surface area contributed by atoms with Crippen LogP contribution in [0.25, 0.3) is 0 Å². The van der Waals surface area contributed by atoms with Crippen molar-refractivity contribution < 1.29 is 4.74 Å². The summed E-state index contributed by atoms with van der Waals surface area (Å²) in [7, 11) is 1.63. The quantitative estimate of drug-likeness (QED) is 0.849. The molecule has 0 unspecified atom stereocenters. The third kappa shape index (κ3) is 2.74. The van der Waals surface area contributed by atoms with Crippen molar-refractivity contribution in [3.63, 3.8) is 0 Å². The van der Waals surface area contributed by atoms with Crippen molar-refractivity contribution in [2.45, 2.75) is 31.8 Å². The van der Waals surface area contributed by atoms with Crippen molar-refractivity contribution >= 4 is 5.95 Å². The van der Waals surface area contributed by atoms with E-state index in [-0.39, 0.29) is 0 Å². The van der Waals surface area contributed by atoms with Gasteiger partial charge in [0.1, 0.15) is 0 Å².